The molecule has 2 N–H and O–H groups in total. The van der Waals surface area contributed by atoms with Gasteiger partial charge in [0.2, 0.25) is 0 Å². The Morgan fingerprint density at radius 1 is 1.11 bits per heavy atom. The lowest BCUT2D eigenvalue weighted by Gasteiger charge is -2.22. The largest absolute Gasteiger partial charge is 0.465 e. The minimum Gasteiger partial charge on any atom is -0.465 e. The van der Waals surface area contributed by atoms with Gasteiger partial charge in [-0.25, -0.2) is 0 Å². The molecule has 1 aromatic heterocycles. The van der Waals surface area contributed by atoms with E-state index in [0.29, 0.717) is 0 Å². The van der Waals surface area contributed by atoms with Gasteiger partial charge in [0.05, 0.1) is 18.7 Å². The molecule has 1 heterocycles. The second-order valence-corrected chi connectivity index (χ2v) is 4.72. The molecule has 0 fully saturated rings. The van der Waals surface area contributed by atoms with Gasteiger partial charge in [-0.3, -0.25) is 5.32 Å². The van der Waals surface area contributed by atoms with E-state index in [0.717, 1.165) is 23.5 Å². The maximum absolute atomic E-state index is 9.58. The van der Waals surface area contributed by atoms with Crippen molar-refractivity contribution in [2.45, 2.75) is 32.4 Å². The SMILES string of the molecule is CCC(N[C@@H](CO)c1ccccc1)c1ccc(C)o1. The quantitative estimate of drug-likeness (QED) is 0.836. The fraction of sp³-hybridized carbons (Fsp3) is 0.375. The van der Waals surface area contributed by atoms with E-state index in [9.17, 15) is 5.11 Å². The predicted molar refractivity (Wildman–Crippen MR) is 75.9 cm³/mol. The van der Waals surface area contributed by atoms with E-state index in [1.807, 2.05) is 49.4 Å². The normalized spacial score (nSPS) is 14.3. The van der Waals surface area contributed by atoms with E-state index in [-0.39, 0.29) is 18.7 Å². The van der Waals surface area contributed by atoms with Crippen molar-refractivity contribution in [3.05, 3.63) is 59.5 Å². The molecule has 0 aliphatic rings. The summed E-state index contributed by atoms with van der Waals surface area (Å²) < 4.78 is 5.67. The summed E-state index contributed by atoms with van der Waals surface area (Å²) in [4.78, 5) is 0. The van der Waals surface area contributed by atoms with Crippen LogP contribution in [0, 0.1) is 6.92 Å². The van der Waals surface area contributed by atoms with Crippen LogP contribution in [-0.2, 0) is 0 Å². The fourth-order valence-corrected chi connectivity index (χ4v) is 2.22. The van der Waals surface area contributed by atoms with Crippen molar-refractivity contribution in [1.82, 2.24) is 5.32 Å². The summed E-state index contributed by atoms with van der Waals surface area (Å²) in [5, 5.41) is 13.0. The first-order valence-electron chi connectivity index (χ1n) is 6.72. The van der Waals surface area contributed by atoms with E-state index < -0.39 is 0 Å². The molecule has 1 unspecified atom stereocenters. The van der Waals surface area contributed by atoms with Crippen molar-refractivity contribution in [2.24, 2.45) is 0 Å². The van der Waals surface area contributed by atoms with Crippen LogP contribution < -0.4 is 5.32 Å². The smallest absolute Gasteiger partial charge is 0.121 e. The summed E-state index contributed by atoms with van der Waals surface area (Å²) in [6.07, 6.45) is 0.913. The lowest BCUT2D eigenvalue weighted by atomic mass is 10.0. The van der Waals surface area contributed by atoms with E-state index in [1.165, 1.54) is 0 Å². The van der Waals surface area contributed by atoms with Crippen molar-refractivity contribution in [3.63, 3.8) is 0 Å². The van der Waals surface area contributed by atoms with Gasteiger partial charge < -0.3 is 9.52 Å². The first kappa shape index (κ1) is 13.8. The minimum absolute atomic E-state index is 0.0696. The van der Waals surface area contributed by atoms with Crippen LogP contribution in [0.4, 0.5) is 0 Å². The molecule has 1 aromatic carbocycles. The van der Waals surface area contributed by atoms with Crippen molar-refractivity contribution in [1.29, 1.82) is 0 Å². The molecular formula is C16H21NO2. The van der Waals surface area contributed by atoms with Crippen LogP contribution in [0.2, 0.25) is 0 Å². The van der Waals surface area contributed by atoms with Crippen LogP contribution in [0.3, 0.4) is 0 Å². The Bertz CT molecular complexity index is 492. The summed E-state index contributed by atoms with van der Waals surface area (Å²) in [5.41, 5.74) is 1.09. The first-order chi connectivity index (χ1) is 9.24. The van der Waals surface area contributed by atoms with Gasteiger partial charge in [0.15, 0.2) is 0 Å². The van der Waals surface area contributed by atoms with Crippen LogP contribution in [-0.4, -0.2) is 11.7 Å². The van der Waals surface area contributed by atoms with Gasteiger partial charge in [-0.1, -0.05) is 37.3 Å². The molecule has 0 bridgehead atoms. The van der Waals surface area contributed by atoms with Gasteiger partial charge in [0, 0.05) is 0 Å². The number of aliphatic hydroxyl groups excluding tert-OH is 1. The Morgan fingerprint density at radius 3 is 2.37 bits per heavy atom. The zero-order valence-corrected chi connectivity index (χ0v) is 11.5. The maximum atomic E-state index is 9.58. The van der Waals surface area contributed by atoms with Gasteiger partial charge in [0.25, 0.3) is 0 Å². The highest BCUT2D eigenvalue weighted by molar-refractivity contribution is 5.20. The first-order valence-corrected chi connectivity index (χ1v) is 6.72. The standard InChI is InChI=1S/C16H21NO2/c1-3-14(16-10-9-12(2)19-16)17-15(11-18)13-7-5-4-6-8-13/h4-10,14-15,17-18H,3,11H2,1-2H3/t14?,15-/m0/s1. The van der Waals surface area contributed by atoms with Gasteiger partial charge in [-0.15, -0.1) is 0 Å². The maximum Gasteiger partial charge on any atom is 0.121 e. The number of hydrogen-bond donors (Lipinski definition) is 2. The lowest BCUT2D eigenvalue weighted by Crippen LogP contribution is -2.28. The molecule has 19 heavy (non-hydrogen) atoms. The van der Waals surface area contributed by atoms with E-state index >= 15 is 0 Å². The summed E-state index contributed by atoms with van der Waals surface area (Å²) in [5.74, 6) is 1.84. The molecule has 2 atom stereocenters. The third kappa shape index (κ3) is 3.46. The second-order valence-electron chi connectivity index (χ2n) is 4.72. The summed E-state index contributed by atoms with van der Waals surface area (Å²) in [6, 6.07) is 14.0. The predicted octanol–water partition coefficient (Wildman–Crippen LogP) is 3.36. The number of hydrogen-bond acceptors (Lipinski definition) is 3. The number of furan rings is 1. The second kappa shape index (κ2) is 6.55. The van der Waals surface area contributed by atoms with Crippen molar-refractivity contribution < 1.29 is 9.52 Å². The van der Waals surface area contributed by atoms with Crippen LogP contribution in [0.5, 0.6) is 0 Å². The molecule has 0 radical (unpaired) electrons. The summed E-state index contributed by atoms with van der Waals surface area (Å²) >= 11 is 0. The monoisotopic (exact) mass is 259 g/mol. The highest BCUT2D eigenvalue weighted by Crippen LogP contribution is 2.23. The van der Waals surface area contributed by atoms with Gasteiger partial charge in [-0.05, 0) is 31.0 Å². The average Bonchev–Trinajstić information content (AvgIpc) is 2.88. The summed E-state index contributed by atoms with van der Waals surface area (Å²) in [6.45, 7) is 4.12. The lowest BCUT2D eigenvalue weighted by molar-refractivity contribution is 0.225. The minimum atomic E-state index is -0.0726. The molecule has 0 aliphatic carbocycles. The number of aliphatic hydroxyl groups is 1. The zero-order valence-electron chi connectivity index (χ0n) is 11.5. The molecule has 3 nitrogen and oxygen atoms in total. The zero-order chi connectivity index (χ0) is 13.7. The Hall–Kier alpha value is -1.58. The molecule has 2 aromatic rings. The van der Waals surface area contributed by atoms with Crippen LogP contribution in [0.15, 0.2) is 46.9 Å². The van der Waals surface area contributed by atoms with Crippen molar-refractivity contribution in [2.75, 3.05) is 6.61 Å². The molecule has 0 saturated heterocycles. The van der Waals surface area contributed by atoms with Crippen LogP contribution in [0.1, 0.15) is 42.5 Å². The molecule has 102 valence electrons. The Morgan fingerprint density at radius 2 is 1.84 bits per heavy atom. The van der Waals surface area contributed by atoms with Gasteiger partial charge in [0.1, 0.15) is 11.5 Å². The Balaban J connectivity index is 2.12. The van der Waals surface area contributed by atoms with Gasteiger partial charge in [-0.2, -0.15) is 0 Å². The number of aryl methyl sites for hydroxylation is 1. The van der Waals surface area contributed by atoms with E-state index in [4.69, 9.17) is 4.42 Å². The molecule has 0 amide bonds. The third-order valence-corrected chi connectivity index (χ3v) is 3.30. The molecule has 2 rings (SSSR count). The van der Waals surface area contributed by atoms with E-state index in [1.54, 1.807) is 0 Å². The van der Waals surface area contributed by atoms with Crippen molar-refractivity contribution in [3.8, 4) is 0 Å². The van der Waals surface area contributed by atoms with E-state index in [2.05, 4.69) is 12.2 Å². The number of rotatable bonds is 6. The Kier molecular flexibility index (Phi) is 4.77. The molecule has 3 heteroatoms. The van der Waals surface area contributed by atoms with Crippen molar-refractivity contribution >= 4 is 0 Å². The number of benzene rings is 1. The highest BCUT2D eigenvalue weighted by Gasteiger charge is 2.18. The highest BCUT2D eigenvalue weighted by atomic mass is 16.3. The molecule has 0 spiro atoms. The molecular weight excluding hydrogens is 238 g/mol. The van der Waals surface area contributed by atoms with Crippen LogP contribution in [0.25, 0.3) is 0 Å². The topological polar surface area (TPSA) is 45.4 Å². The molecule has 0 saturated carbocycles. The summed E-state index contributed by atoms with van der Waals surface area (Å²) in [7, 11) is 0. The fourth-order valence-electron chi connectivity index (χ4n) is 2.22. The van der Waals surface area contributed by atoms with Crippen LogP contribution >= 0.6 is 0 Å². The average molecular weight is 259 g/mol. The Labute approximate surface area is 114 Å². The third-order valence-electron chi connectivity index (χ3n) is 3.30. The van der Waals surface area contributed by atoms with Gasteiger partial charge >= 0.3 is 0 Å². The molecule has 0 aliphatic heterocycles. The number of nitrogens with one attached hydrogen (secondary N) is 1.